The van der Waals surface area contributed by atoms with Gasteiger partial charge < -0.3 is 0 Å². The molecule has 5 saturated carbocycles. The van der Waals surface area contributed by atoms with Crippen LogP contribution in [0.4, 0.5) is 0 Å². The molecule has 0 aromatic heterocycles. The molecule has 0 aromatic carbocycles. The summed E-state index contributed by atoms with van der Waals surface area (Å²) in [6.07, 6.45) is 8.14. The molecule has 0 heteroatoms. The molecular weight excluding hydrogens is 180 g/mol. The van der Waals surface area contributed by atoms with E-state index in [9.17, 15) is 0 Å². The van der Waals surface area contributed by atoms with Crippen LogP contribution in [-0.2, 0) is 0 Å². The second kappa shape index (κ2) is 2.31. The van der Waals surface area contributed by atoms with E-state index in [4.69, 9.17) is 0 Å². The van der Waals surface area contributed by atoms with Crippen molar-refractivity contribution >= 4 is 0 Å². The van der Waals surface area contributed by atoms with Gasteiger partial charge >= 0.3 is 0 Å². The molecule has 0 radical (unpaired) electrons. The molecule has 0 saturated heterocycles. The molecule has 5 fully saturated rings. The van der Waals surface area contributed by atoms with Crippen molar-refractivity contribution in [2.75, 3.05) is 0 Å². The molecule has 15 heavy (non-hydrogen) atoms. The summed E-state index contributed by atoms with van der Waals surface area (Å²) in [6.45, 7) is 2.55. The molecule has 0 aromatic rings. The summed E-state index contributed by atoms with van der Waals surface area (Å²) in [5.41, 5.74) is 0. The van der Waals surface area contributed by atoms with Gasteiger partial charge in [0.15, 0.2) is 0 Å². The standard InChI is InChI=1S/C15H22/c1-7-4-8-5-11(7)15-13-6-12(14(8)15)9-2-3-10(9)13/h7-15H,2-6H2,1H3/t7-,8?,9?,10?,11?,12?,13?,14?,15?/m0/s1. The van der Waals surface area contributed by atoms with Crippen LogP contribution < -0.4 is 0 Å². The molecule has 5 rings (SSSR count). The zero-order valence-corrected chi connectivity index (χ0v) is 9.73. The Morgan fingerprint density at radius 2 is 1.40 bits per heavy atom. The highest BCUT2D eigenvalue weighted by Crippen LogP contribution is 2.74. The largest absolute Gasteiger partial charge is 0.0622 e. The number of rotatable bonds is 0. The number of fused-ring (bicyclic) bond motifs is 12. The lowest BCUT2D eigenvalue weighted by atomic mass is 9.55. The predicted molar refractivity (Wildman–Crippen MR) is 60.2 cm³/mol. The highest BCUT2D eigenvalue weighted by atomic mass is 14.7. The van der Waals surface area contributed by atoms with Gasteiger partial charge in [-0.1, -0.05) is 6.92 Å². The molecular formula is C15H22. The van der Waals surface area contributed by atoms with Gasteiger partial charge in [-0.3, -0.25) is 0 Å². The topological polar surface area (TPSA) is 0 Å². The average Bonchev–Trinajstić information content (AvgIpc) is 2.78. The summed E-state index contributed by atoms with van der Waals surface area (Å²) < 4.78 is 0. The maximum atomic E-state index is 2.55. The molecule has 0 nitrogen and oxygen atoms in total. The van der Waals surface area contributed by atoms with E-state index in [1.54, 1.807) is 32.1 Å². The first kappa shape index (κ1) is 8.14. The molecule has 82 valence electrons. The second-order valence-electron chi connectivity index (χ2n) is 7.50. The highest BCUT2D eigenvalue weighted by Gasteiger charge is 2.68. The van der Waals surface area contributed by atoms with Crippen molar-refractivity contribution < 1.29 is 0 Å². The number of hydrogen-bond acceptors (Lipinski definition) is 0. The Balaban J connectivity index is 1.58. The third-order valence-corrected chi connectivity index (χ3v) is 7.48. The summed E-state index contributed by atoms with van der Waals surface area (Å²) in [5, 5.41) is 0. The third-order valence-electron chi connectivity index (χ3n) is 7.48. The summed E-state index contributed by atoms with van der Waals surface area (Å²) in [4.78, 5) is 0. The van der Waals surface area contributed by atoms with Crippen molar-refractivity contribution in [3.63, 3.8) is 0 Å². The molecule has 5 aliphatic rings. The Morgan fingerprint density at radius 1 is 0.667 bits per heavy atom. The first-order valence-electron chi connectivity index (χ1n) is 7.34. The van der Waals surface area contributed by atoms with E-state index in [1.165, 1.54) is 47.3 Å². The van der Waals surface area contributed by atoms with E-state index in [1.807, 2.05) is 0 Å². The van der Waals surface area contributed by atoms with E-state index in [0.29, 0.717) is 0 Å². The Labute approximate surface area is 92.8 Å². The van der Waals surface area contributed by atoms with Crippen LogP contribution in [0.3, 0.4) is 0 Å². The van der Waals surface area contributed by atoms with Gasteiger partial charge in [0.1, 0.15) is 0 Å². The lowest BCUT2D eigenvalue weighted by Crippen LogP contribution is -2.44. The van der Waals surface area contributed by atoms with Crippen molar-refractivity contribution in [2.24, 2.45) is 53.3 Å². The molecule has 0 aliphatic heterocycles. The van der Waals surface area contributed by atoms with Crippen LogP contribution in [0, 0.1) is 53.3 Å². The van der Waals surface area contributed by atoms with E-state index < -0.39 is 0 Å². The van der Waals surface area contributed by atoms with E-state index in [0.717, 1.165) is 5.92 Å². The van der Waals surface area contributed by atoms with Crippen LogP contribution >= 0.6 is 0 Å². The quantitative estimate of drug-likeness (QED) is 0.527. The van der Waals surface area contributed by atoms with Crippen molar-refractivity contribution in [3.8, 4) is 0 Å². The fourth-order valence-electron chi connectivity index (χ4n) is 7.18. The van der Waals surface area contributed by atoms with Gasteiger partial charge in [-0.2, -0.15) is 0 Å². The lowest BCUT2D eigenvalue weighted by Gasteiger charge is -2.50. The molecule has 0 N–H and O–H groups in total. The van der Waals surface area contributed by atoms with Crippen LogP contribution in [0.15, 0.2) is 0 Å². The second-order valence-corrected chi connectivity index (χ2v) is 7.50. The fraction of sp³-hybridized carbons (Fsp3) is 1.00. The maximum Gasteiger partial charge on any atom is -0.0318 e. The molecule has 9 atom stereocenters. The van der Waals surface area contributed by atoms with Gasteiger partial charge in [0.2, 0.25) is 0 Å². The van der Waals surface area contributed by atoms with Gasteiger partial charge in [0, 0.05) is 0 Å². The van der Waals surface area contributed by atoms with Crippen LogP contribution in [0.5, 0.6) is 0 Å². The molecule has 0 heterocycles. The Bertz CT molecular complexity index is 320. The van der Waals surface area contributed by atoms with Crippen molar-refractivity contribution in [1.29, 1.82) is 0 Å². The normalized spacial score (nSPS) is 73.0. The molecule has 4 bridgehead atoms. The fourth-order valence-corrected chi connectivity index (χ4v) is 7.18. The van der Waals surface area contributed by atoms with E-state index in [-0.39, 0.29) is 0 Å². The van der Waals surface area contributed by atoms with Gasteiger partial charge in [-0.05, 0) is 85.4 Å². The number of hydrogen-bond donors (Lipinski definition) is 0. The van der Waals surface area contributed by atoms with Crippen LogP contribution in [-0.4, -0.2) is 0 Å². The van der Waals surface area contributed by atoms with Gasteiger partial charge in [0.05, 0.1) is 0 Å². The maximum absolute atomic E-state index is 2.55. The first-order chi connectivity index (χ1) is 7.34. The third kappa shape index (κ3) is 0.718. The summed E-state index contributed by atoms with van der Waals surface area (Å²) in [5.74, 6) is 10.8. The summed E-state index contributed by atoms with van der Waals surface area (Å²) >= 11 is 0. The predicted octanol–water partition coefficient (Wildman–Crippen LogP) is 3.57. The minimum atomic E-state index is 1.09. The first-order valence-corrected chi connectivity index (χ1v) is 7.34. The SMILES string of the molecule is C[C@H]1CC2CC1C1C3CC(C4CCC43)C21. The lowest BCUT2D eigenvalue weighted by molar-refractivity contribution is -0.0142. The minimum Gasteiger partial charge on any atom is -0.0622 e. The Morgan fingerprint density at radius 3 is 2.13 bits per heavy atom. The van der Waals surface area contributed by atoms with Crippen molar-refractivity contribution in [2.45, 2.75) is 39.0 Å². The average molecular weight is 202 g/mol. The molecule has 5 aliphatic carbocycles. The molecule has 0 spiro atoms. The molecule has 0 amide bonds. The van der Waals surface area contributed by atoms with E-state index in [2.05, 4.69) is 6.92 Å². The van der Waals surface area contributed by atoms with Crippen molar-refractivity contribution in [1.82, 2.24) is 0 Å². The summed E-state index contributed by atoms with van der Waals surface area (Å²) in [6, 6.07) is 0. The van der Waals surface area contributed by atoms with Crippen LogP contribution in [0.2, 0.25) is 0 Å². The molecule has 8 unspecified atom stereocenters. The van der Waals surface area contributed by atoms with Gasteiger partial charge in [-0.15, -0.1) is 0 Å². The zero-order valence-electron chi connectivity index (χ0n) is 9.73. The van der Waals surface area contributed by atoms with Gasteiger partial charge in [0.25, 0.3) is 0 Å². The minimum absolute atomic E-state index is 1.09. The Hall–Kier alpha value is 0. The highest BCUT2D eigenvalue weighted by molar-refractivity contribution is 5.16. The zero-order chi connectivity index (χ0) is 9.73. The van der Waals surface area contributed by atoms with Crippen molar-refractivity contribution in [3.05, 3.63) is 0 Å². The van der Waals surface area contributed by atoms with Crippen LogP contribution in [0.1, 0.15) is 39.0 Å². The van der Waals surface area contributed by atoms with Crippen LogP contribution in [0.25, 0.3) is 0 Å². The Kier molecular flexibility index (Phi) is 1.25. The summed E-state index contributed by atoms with van der Waals surface area (Å²) in [7, 11) is 0. The van der Waals surface area contributed by atoms with Gasteiger partial charge in [-0.25, -0.2) is 0 Å². The smallest absolute Gasteiger partial charge is 0.0318 e. The monoisotopic (exact) mass is 202 g/mol. The van der Waals surface area contributed by atoms with E-state index >= 15 is 0 Å².